The van der Waals surface area contributed by atoms with Crippen LogP contribution in [-0.4, -0.2) is 37.0 Å². The van der Waals surface area contributed by atoms with E-state index in [1.807, 2.05) is 18.2 Å². The van der Waals surface area contributed by atoms with Gasteiger partial charge in [0, 0.05) is 30.8 Å². The highest BCUT2D eigenvalue weighted by molar-refractivity contribution is 6.31. The summed E-state index contributed by atoms with van der Waals surface area (Å²) in [4.78, 5) is 15.0. The summed E-state index contributed by atoms with van der Waals surface area (Å²) in [5.41, 5.74) is 1.98. The molecule has 3 nitrogen and oxygen atoms in total. The second-order valence-corrected chi connectivity index (χ2v) is 5.91. The van der Waals surface area contributed by atoms with Crippen LogP contribution in [0.5, 0.6) is 0 Å². The Bertz CT molecular complexity index is 714. The maximum atomic E-state index is 13.3. The number of nitrogens with zero attached hydrogens (tertiary/aromatic N) is 1. The van der Waals surface area contributed by atoms with Crippen LogP contribution in [0.15, 0.2) is 42.5 Å². The van der Waals surface area contributed by atoms with Crippen molar-refractivity contribution in [3.05, 3.63) is 70.0 Å². The van der Waals surface area contributed by atoms with Crippen LogP contribution in [0.3, 0.4) is 0 Å². The van der Waals surface area contributed by atoms with E-state index >= 15 is 0 Å². The molecule has 1 fully saturated rings. The first kappa shape index (κ1) is 16.1. The molecule has 1 saturated heterocycles. The molecule has 1 heterocycles. The normalized spacial score (nSPS) is 15.6. The Morgan fingerprint density at radius 2 is 1.91 bits per heavy atom. The zero-order valence-corrected chi connectivity index (χ0v) is 13.4. The second kappa shape index (κ2) is 7.21. The van der Waals surface area contributed by atoms with Crippen LogP contribution < -0.4 is 0 Å². The van der Waals surface area contributed by atoms with Gasteiger partial charge in [-0.1, -0.05) is 35.9 Å². The molecule has 0 amide bonds. The molecule has 0 atom stereocenters. The molecule has 2 aromatic rings. The van der Waals surface area contributed by atoms with Crippen LogP contribution in [0.25, 0.3) is 0 Å². The molecule has 0 unspecified atom stereocenters. The fraction of sp³-hybridized carbons (Fsp3) is 0.278. The highest BCUT2D eigenvalue weighted by Crippen LogP contribution is 2.21. The Morgan fingerprint density at radius 3 is 2.65 bits per heavy atom. The van der Waals surface area contributed by atoms with Crippen LogP contribution in [-0.2, 0) is 11.3 Å². The van der Waals surface area contributed by atoms with Gasteiger partial charge in [-0.3, -0.25) is 9.69 Å². The molecule has 23 heavy (non-hydrogen) atoms. The maximum absolute atomic E-state index is 13.3. The molecular weight excluding hydrogens is 317 g/mol. The molecular formula is C18H17ClFNO2. The summed E-state index contributed by atoms with van der Waals surface area (Å²) in [6, 6.07) is 11.6. The first-order valence-electron chi connectivity index (χ1n) is 7.53. The Morgan fingerprint density at radius 1 is 1.17 bits per heavy atom. The number of carbonyl (C=O) groups excluding carboxylic acids is 1. The van der Waals surface area contributed by atoms with E-state index in [-0.39, 0.29) is 10.8 Å². The van der Waals surface area contributed by atoms with Crippen molar-refractivity contribution in [1.82, 2.24) is 4.90 Å². The Balaban J connectivity index is 1.86. The van der Waals surface area contributed by atoms with E-state index in [1.54, 1.807) is 6.07 Å². The lowest BCUT2D eigenvalue weighted by molar-refractivity contribution is 0.0341. The maximum Gasteiger partial charge on any atom is 0.193 e. The van der Waals surface area contributed by atoms with Crippen molar-refractivity contribution in [2.75, 3.05) is 26.3 Å². The number of ether oxygens (including phenoxy) is 1. The van der Waals surface area contributed by atoms with Crippen molar-refractivity contribution in [3.8, 4) is 0 Å². The third-order valence-electron chi connectivity index (χ3n) is 3.94. The third-order valence-corrected chi connectivity index (χ3v) is 4.23. The summed E-state index contributed by atoms with van der Waals surface area (Å²) in [5.74, 6) is -0.666. The quantitative estimate of drug-likeness (QED) is 0.801. The van der Waals surface area contributed by atoms with Crippen LogP contribution in [0.4, 0.5) is 4.39 Å². The number of benzene rings is 2. The molecule has 0 bridgehead atoms. The lowest BCUT2D eigenvalue weighted by Crippen LogP contribution is -2.36. The monoisotopic (exact) mass is 333 g/mol. The van der Waals surface area contributed by atoms with Gasteiger partial charge in [-0.2, -0.15) is 0 Å². The first-order chi connectivity index (χ1) is 11.1. The van der Waals surface area contributed by atoms with E-state index < -0.39 is 5.82 Å². The molecule has 0 aromatic heterocycles. The van der Waals surface area contributed by atoms with E-state index in [1.165, 1.54) is 18.2 Å². The van der Waals surface area contributed by atoms with Crippen molar-refractivity contribution < 1.29 is 13.9 Å². The van der Waals surface area contributed by atoms with Crippen molar-refractivity contribution in [2.45, 2.75) is 6.54 Å². The van der Waals surface area contributed by atoms with Crippen LogP contribution in [0, 0.1) is 5.82 Å². The summed E-state index contributed by atoms with van der Waals surface area (Å²) in [6.45, 7) is 3.82. The van der Waals surface area contributed by atoms with Gasteiger partial charge in [0.05, 0.1) is 18.2 Å². The van der Waals surface area contributed by atoms with E-state index in [2.05, 4.69) is 4.90 Å². The number of ketones is 1. The SMILES string of the molecule is O=C(c1ccc(F)c(Cl)c1)c1ccccc1CN1CCOCC1. The third kappa shape index (κ3) is 3.78. The number of morpholine rings is 1. The predicted octanol–water partition coefficient (Wildman–Crippen LogP) is 3.54. The van der Waals surface area contributed by atoms with Crippen molar-refractivity contribution in [2.24, 2.45) is 0 Å². The van der Waals surface area contributed by atoms with Gasteiger partial charge in [0.2, 0.25) is 0 Å². The highest BCUT2D eigenvalue weighted by Gasteiger charge is 2.17. The number of hydrogen-bond donors (Lipinski definition) is 0. The average Bonchev–Trinajstić information content (AvgIpc) is 2.58. The van der Waals surface area contributed by atoms with Gasteiger partial charge in [-0.15, -0.1) is 0 Å². The van der Waals surface area contributed by atoms with Gasteiger partial charge >= 0.3 is 0 Å². The average molecular weight is 334 g/mol. The Kier molecular flexibility index (Phi) is 5.06. The summed E-state index contributed by atoms with van der Waals surface area (Å²) in [6.07, 6.45) is 0. The molecule has 3 rings (SSSR count). The van der Waals surface area contributed by atoms with Gasteiger partial charge in [0.25, 0.3) is 0 Å². The fourth-order valence-electron chi connectivity index (χ4n) is 2.67. The standard InChI is InChI=1S/C18H17ClFNO2/c19-16-11-13(5-6-17(16)20)18(22)15-4-2-1-3-14(15)12-21-7-9-23-10-8-21/h1-6,11H,7-10,12H2. The molecule has 1 aliphatic rings. The van der Waals surface area contributed by atoms with Gasteiger partial charge in [0.15, 0.2) is 5.78 Å². The van der Waals surface area contributed by atoms with Crippen LogP contribution >= 0.6 is 11.6 Å². The van der Waals surface area contributed by atoms with E-state index in [4.69, 9.17) is 16.3 Å². The molecule has 0 N–H and O–H groups in total. The minimum absolute atomic E-state index is 0.0403. The minimum atomic E-state index is -0.523. The van der Waals surface area contributed by atoms with E-state index in [0.717, 1.165) is 18.7 Å². The van der Waals surface area contributed by atoms with Crippen molar-refractivity contribution >= 4 is 17.4 Å². The number of hydrogen-bond acceptors (Lipinski definition) is 3. The summed E-state index contributed by atoms with van der Waals surface area (Å²) in [7, 11) is 0. The summed E-state index contributed by atoms with van der Waals surface area (Å²) in [5, 5.41) is -0.0403. The smallest absolute Gasteiger partial charge is 0.193 e. The highest BCUT2D eigenvalue weighted by atomic mass is 35.5. The molecule has 5 heteroatoms. The molecule has 0 radical (unpaired) electrons. The fourth-order valence-corrected chi connectivity index (χ4v) is 2.85. The molecule has 120 valence electrons. The summed E-state index contributed by atoms with van der Waals surface area (Å²) >= 11 is 5.79. The van der Waals surface area contributed by atoms with Gasteiger partial charge in [-0.05, 0) is 23.8 Å². The largest absolute Gasteiger partial charge is 0.379 e. The molecule has 2 aromatic carbocycles. The molecule has 0 aliphatic carbocycles. The van der Waals surface area contributed by atoms with Gasteiger partial charge < -0.3 is 4.74 Å². The topological polar surface area (TPSA) is 29.5 Å². The number of halogens is 2. The van der Waals surface area contributed by atoms with Gasteiger partial charge in [0.1, 0.15) is 5.82 Å². The lowest BCUT2D eigenvalue weighted by Gasteiger charge is -2.27. The van der Waals surface area contributed by atoms with Crippen molar-refractivity contribution in [1.29, 1.82) is 0 Å². The number of carbonyl (C=O) groups is 1. The summed E-state index contributed by atoms with van der Waals surface area (Å²) < 4.78 is 18.6. The molecule has 0 saturated carbocycles. The number of rotatable bonds is 4. The van der Waals surface area contributed by atoms with Gasteiger partial charge in [-0.25, -0.2) is 4.39 Å². The molecule has 1 aliphatic heterocycles. The van der Waals surface area contributed by atoms with E-state index in [0.29, 0.717) is 30.9 Å². The predicted molar refractivity (Wildman–Crippen MR) is 87.4 cm³/mol. The van der Waals surface area contributed by atoms with Crippen molar-refractivity contribution in [3.63, 3.8) is 0 Å². The lowest BCUT2D eigenvalue weighted by atomic mass is 9.98. The zero-order chi connectivity index (χ0) is 16.2. The Hall–Kier alpha value is -1.75. The molecule has 0 spiro atoms. The second-order valence-electron chi connectivity index (χ2n) is 5.50. The van der Waals surface area contributed by atoms with Crippen LogP contribution in [0.1, 0.15) is 21.5 Å². The van der Waals surface area contributed by atoms with Crippen LogP contribution in [0.2, 0.25) is 5.02 Å². The zero-order valence-electron chi connectivity index (χ0n) is 12.6. The van der Waals surface area contributed by atoms with E-state index in [9.17, 15) is 9.18 Å². The Labute approximate surface area is 139 Å². The first-order valence-corrected chi connectivity index (χ1v) is 7.91. The minimum Gasteiger partial charge on any atom is -0.379 e.